The minimum absolute atomic E-state index is 0.270. The van der Waals surface area contributed by atoms with E-state index in [-0.39, 0.29) is 5.91 Å². The highest BCUT2D eigenvalue weighted by Crippen LogP contribution is 2.24. The average molecular weight is 398 g/mol. The van der Waals surface area contributed by atoms with Crippen LogP contribution in [0, 0.1) is 0 Å². The van der Waals surface area contributed by atoms with E-state index in [1.165, 1.54) is 11.4 Å². The summed E-state index contributed by atoms with van der Waals surface area (Å²) < 4.78 is 30.1. The Morgan fingerprint density at radius 3 is 2.32 bits per heavy atom. The number of nitrogens with one attached hydrogen (secondary N) is 1. The molecule has 0 spiro atoms. The zero-order valence-electron chi connectivity index (χ0n) is 15.9. The van der Waals surface area contributed by atoms with Crippen molar-refractivity contribution in [1.29, 1.82) is 0 Å². The van der Waals surface area contributed by atoms with Gasteiger partial charge in [0.25, 0.3) is 5.91 Å². The molecule has 28 heavy (non-hydrogen) atoms. The number of rotatable bonds is 6. The highest BCUT2D eigenvalue weighted by molar-refractivity contribution is 7.92. The average Bonchev–Trinajstić information content (AvgIpc) is 2.67. The van der Waals surface area contributed by atoms with Crippen LogP contribution in [0.15, 0.2) is 66.7 Å². The van der Waals surface area contributed by atoms with Gasteiger partial charge in [0.2, 0.25) is 10.0 Å². The Morgan fingerprint density at radius 1 is 1.00 bits per heavy atom. The van der Waals surface area contributed by atoms with Crippen LogP contribution in [0.3, 0.4) is 0 Å². The molecule has 0 saturated carbocycles. The van der Waals surface area contributed by atoms with Crippen molar-refractivity contribution >= 4 is 38.1 Å². The van der Waals surface area contributed by atoms with E-state index in [1.807, 2.05) is 42.5 Å². The fraction of sp³-hybridized carbons (Fsp3) is 0.190. The molecule has 3 rings (SSSR count). The number of hydrogen-bond donors (Lipinski definition) is 1. The summed E-state index contributed by atoms with van der Waals surface area (Å²) in [7, 11) is -1.85. The number of benzene rings is 3. The van der Waals surface area contributed by atoms with E-state index in [0.717, 1.165) is 22.7 Å². The topological polar surface area (TPSA) is 75.7 Å². The smallest absolute Gasteiger partial charge is 0.265 e. The molecule has 1 atom stereocenters. The van der Waals surface area contributed by atoms with E-state index in [0.29, 0.717) is 11.4 Å². The molecule has 0 aliphatic rings. The summed E-state index contributed by atoms with van der Waals surface area (Å²) in [6.07, 6.45) is 0.411. The second-order valence-corrected chi connectivity index (χ2v) is 8.51. The van der Waals surface area contributed by atoms with Crippen LogP contribution in [0.1, 0.15) is 6.92 Å². The quantitative estimate of drug-likeness (QED) is 0.688. The third-order valence-corrected chi connectivity index (χ3v) is 5.63. The number of sulfonamides is 1. The van der Waals surface area contributed by atoms with Crippen LogP contribution in [0.25, 0.3) is 10.8 Å². The molecular weight excluding hydrogens is 376 g/mol. The van der Waals surface area contributed by atoms with Gasteiger partial charge in [-0.2, -0.15) is 0 Å². The number of nitrogens with zero attached hydrogens (tertiary/aromatic N) is 1. The molecule has 0 aliphatic heterocycles. The van der Waals surface area contributed by atoms with E-state index >= 15 is 0 Å². The maximum Gasteiger partial charge on any atom is 0.265 e. The lowest BCUT2D eigenvalue weighted by molar-refractivity contribution is -0.122. The molecule has 0 bridgehead atoms. The molecule has 3 aromatic rings. The molecule has 0 radical (unpaired) electrons. The lowest BCUT2D eigenvalue weighted by atomic mass is 10.1. The van der Waals surface area contributed by atoms with Crippen molar-refractivity contribution in [3.63, 3.8) is 0 Å². The number of carbonyl (C=O) groups is 1. The molecule has 0 unspecified atom stereocenters. The number of amides is 1. The maximum absolute atomic E-state index is 12.5. The van der Waals surface area contributed by atoms with Gasteiger partial charge < -0.3 is 10.1 Å². The molecule has 0 aromatic heterocycles. The second kappa shape index (κ2) is 7.90. The van der Waals surface area contributed by atoms with Crippen molar-refractivity contribution in [1.82, 2.24) is 0 Å². The Balaban J connectivity index is 1.69. The molecular formula is C21H22N2O4S. The normalized spacial score (nSPS) is 12.4. The zero-order valence-corrected chi connectivity index (χ0v) is 16.7. The van der Waals surface area contributed by atoms with Gasteiger partial charge in [0.05, 0.1) is 11.9 Å². The van der Waals surface area contributed by atoms with Gasteiger partial charge in [-0.15, -0.1) is 0 Å². The van der Waals surface area contributed by atoms with Crippen molar-refractivity contribution in [3.05, 3.63) is 66.7 Å². The zero-order chi connectivity index (χ0) is 20.3. The highest BCUT2D eigenvalue weighted by atomic mass is 32.2. The Morgan fingerprint density at radius 2 is 1.64 bits per heavy atom. The predicted octanol–water partition coefficient (Wildman–Crippen LogP) is 3.64. The van der Waals surface area contributed by atoms with Gasteiger partial charge in [0.1, 0.15) is 5.75 Å². The van der Waals surface area contributed by atoms with Gasteiger partial charge >= 0.3 is 0 Å². The van der Waals surface area contributed by atoms with Crippen molar-refractivity contribution in [3.8, 4) is 5.75 Å². The van der Waals surface area contributed by atoms with Gasteiger partial charge in [0.15, 0.2) is 6.10 Å². The largest absolute Gasteiger partial charge is 0.481 e. The van der Waals surface area contributed by atoms with Gasteiger partial charge in [-0.05, 0) is 42.6 Å². The molecule has 3 aromatic carbocycles. The van der Waals surface area contributed by atoms with Crippen LogP contribution >= 0.6 is 0 Å². The van der Waals surface area contributed by atoms with E-state index in [2.05, 4.69) is 5.32 Å². The minimum Gasteiger partial charge on any atom is -0.481 e. The van der Waals surface area contributed by atoms with Crippen LogP contribution in [-0.4, -0.2) is 33.7 Å². The van der Waals surface area contributed by atoms with Gasteiger partial charge in [0, 0.05) is 18.1 Å². The van der Waals surface area contributed by atoms with Crippen molar-refractivity contribution in [2.75, 3.05) is 22.9 Å². The maximum atomic E-state index is 12.5. The molecule has 146 valence electrons. The number of hydrogen-bond acceptors (Lipinski definition) is 4. The summed E-state index contributed by atoms with van der Waals surface area (Å²) in [5.41, 5.74) is 1.24. The van der Waals surface area contributed by atoms with Gasteiger partial charge in [-0.1, -0.05) is 36.4 Å². The monoisotopic (exact) mass is 398 g/mol. The summed E-state index contributed by atoms with van der Waals surface area (Å²) in [5.74, 6) is 0.208. The van der Waals surface area contributed by atoms with E-state index in [9.17, 15) is 13.2 Å². The highest BCUT2D eigenvalue weighted by Gasteiger charge is 2.17. The molecule has 7 heteroatoms. The first kappa shape index (κ1) is 19.7. The first-order valence-corrected chi connectivity index (χ1v) is 10.6. The third-order valence-electron chi connectivity index (χ3n) is 4.43. The minimum atomic E-state index is -3.33. The predicted molar refractivity (Wildman–Crippen MR) is 112 cm³/mol. The molecule has 6 nitrogen and oxygen atoms in total. The summed E-state index contributed by atoms with van der Waals surface area (Å²) in [6, 6.07) is 20.1. The first-order chi connectivity index (χ1) is 13.3. The van der Waals surface area contributed by atoms with Crippen molar-refractivity contribution < 1.29 is 17.9 Å². The molecule has 0 heterocycles. The summed E-state index contributed by atoms with van der Waals surface area (Å²) >= 11 is 0. The van der Waals surface area contributed by atoms with Crippen LogP contribution in [0.4, 0.5) is 11.4 Å². The van der Waals surface area contributed by atoms with Gasteiger partial charge in [-0.25, -0.2) is 8.42 Å². The molecule has 0 aliphatic carbocycles. The van der Waals surface area contributed by atoms with Crippen molar-refractivity contribution in [2.24, 2.45) is 0 Å². The lowest BCUT2D eigenvalue weighted by Crippen LogP contribution is -2.30. The van der Waals surface area contributed by atoms with Gasteiger partial charge in [-0.3, -0.25) is 9.10 Å². The first-order valence-electron chi connectivity index (χ1n) is 8.75. The molecule has 0 saturated heterocycles. The second-order valence-electron chi connectivity index (χ2n) is 6.50. The van der Waals surface area contributed by atoms with E-state index in [1.54, 1.807) is 31.2 Å². The van der Waals surface area contributed by atoms with Crippen LogP contribution in [-0.2, 0) is 14.8 Å². The number of fused-ring (bicyclic) bond motifs is 1. The fourth-order valence-corrected chi connectivity index (χ4v) is 3.26. The fourth-order valence-electron chi connectivity index (χ4n) is 2.75. The molecule has 1 amide bonds. The van der Waals surface area contributed by atoms with E-state index in [4.69, 9.17) is 4.74 Å². The summed E-state index contributed by atoms with van der Waals surface area (Å²) in [4.78, 5) is 12.5. The van der Waals surface area contributed by atoms with Crippen LogP contribution < -0.4 is 14.4 Å². The Hall–Kier alpha value is -3.06. The standard InChI is InChI=1S/C21H22N2O4S/c1-15(27-18-13-11-17(12-14-18)23(2)28(3,25)26)21(24)22-20-10-6-8-16-7-4-5-9-19(16)20/h4-15H,1-3H3,(H,22,24)/t15-/m1/s1. The number of carbonyl (C=O) groups excluding carboxylic acids is 1. The third kappa shape index (κ3) is 4.43. The summed E-state index contributed by atoms with van der Waals surface area (Å²) in [6.45, 7) is 1.66. The Kier molecular flexibility index (Phi) is 5.56. The number of ether oxygens (including phenoxy) is 1. The van der Waals surface area contributed by atoms with E-state index < -0.39 is 16.1 Å². The summed E-state index contributed by atoms with van der Waals surface area (Å²) in [5, 5.41) is 4.90. The Labute approximate surface area is 164 Å². The van der Waals surface area contributed by atoms with Crippen molar-refractivity contribution in [2.45, 2.75) is 13.0 Å². The SMILES string of the molecule is C[C@@H](Oc1ccc(N(C)S(C)(=O)=O)cc1)C(=O)Nc1cccc2ccccc12. The van der Waals surface area contributed by atoms with Crippen LogP contribution in [0.2, 0.25) is 0 Å². The Bertz CT molecular complexity index is 1090. The molecule has 1 N–H and O–H groups in total. The lowest BCUT2D eigenvalue weighted by Gasteiger charge is -2.18. The molecule has 0 fully saturated rings. The van der Waals surface area contributed by atoms with Crippen LogP contribution in [0.5, 0.6) is 5.75 Å². The number of anilines is 2.